The Labute approximate surface area is 225 Å². The number of nitrogens with one attached hydrogen (secondary N) is 1. The van der Waals surface area contributed by atoms with Gasteiger partial charge in [-0.3, -0.25) is 9.78 Å². The molecule has 0 atom stereocenters. The number of alkyl halides is 3. The summed E-state index contributed by atoms with van der Waals surface area (Å²) in [7, 11) is 1.42. The van der Waals surface area contributed by atoms with Gasteiger partial charge in [0.05, 0.1) is 28.9 Å². The van der Waals surface area contributed by atoms with Crippen molar-refractivity contribution in [2.24, 2.45) is 0 Å². The average Bonchev–Trinajstić information content (AvgIpc) is 2.93. The topological polar surface area (TPSA) is 89.9 Å². The van der Waals surface area contributed by atoms with Crippen molar-refractivity contribution in [2.75, 3.05) is 12.4 Å². The Kier molecular flexibility index (Phi) is 6.88. The molecule has 0 radical (unpaired) electrons. The first-order valence-electron chi connectivity index (χ1n) is 11.6. The third-order valence-corrected chi connectivity index (χ3v) is 6.48. The normalized spacial score (nSPS) is 11.4. The SMILES string of the molecule is COc1nc(-c2cccc(-c3cccc(Nc4nc(C(F)(F)F)nc5cccnc45)c3C)c2Cl)ccc1C=O. The van der Waals surface area contributed by atoms with Crippen molar-refractivity contribution in [3.8, 4) is 28.3 Å². The van der Waals surface area contributed by atoms with E-state index in [0.29, 0.717) is 39.4 Å². The molecule has 11 heteroatoms. The summed E-state index contributed by atoms with van der Waals surface area (Å²) < 4.78 is 45.7. The Morgan fingerprint density at radius 1 is 0.923 bits per heavy atom. The standard InChI is InChI=1S/C28H19ClF3N5O2/c1-15-17(18-7-3-8-19(23(18)29)21-12-11-16(14-38)26(35-21)39-2)6-4-9-20(15)34-25-24-22(10-5-13-33-24)36-27(37-25)28(30,31)32/h3-14H,1-2H3,(H,34,36,37). The van der Waals surface area contributed by atoms with Crippen molar-refractivity contribution in [3.05, 3.63) is 88.8 Å². The summed E-state index contributed by atoms with van der Waals surface area (Å²) in [5.41, 5.74) is 4.35. The highest BCUT2D eigenvalue weighted by atomic mass is 35.5. The van der Waals surface area contributed by atoms with Gasteiger partial charge in [-0.1, -0.05) is 41.9 Å². The maximum absolute atomic E-state index is 13.5. The van der Waals surface area contributed by atoms with Gasteiger partial charge in [-0.2, -0.15) is 13.2 Å². The number of aromatic nitrogens is 4. The quantitative estimate of drug-likeness (QED) is 0.222. The number of halogens is 4. The largest absolute Gasteiger partial charge is 0.480 e. The number of carbonyl (C=O) groups is 1. The summed E-state index contributed by atoms with van der Waals surface area (Å²) in [6.07, 6.45) is -2.61. The van der Waals surface area contributed by atoms with Crippen molar-refractivity contribution in [3.63, 3.8) is 0 Å². The number of nitrogens with zero attached hydrogens (tertiary/aromatic N) is 4. The molecule has 0 amide bonds. The number of hydrogen-bond donors (Lipinski definition) is 1. The predicted octanol–water partition coefficient (Wildman–Crippen LogP) is 7.30. The van der Waals surface area contributed by atoms with Crippen LogP contribution in [-0.2, 0) is 6.18 Å². The summed E-state index contributed by atoms with van der Waals surface area (Å²) in [6.45, 7) is 1.82. The van der Waals surface area contributed by atoms with Gasteiger partial charge in [-0.05, 0) is 48.4 Å². The highest BCUT2D eigenvalue weighted by Gasteiger charge is 2.35. The molecule has 0 spiro atoms. The summed E-state index contributed by atoms with van der Waals surface area (Å²) >= 11 is 6.85. The summed E-state index contributed by atoms with van der Waals surface area (Å²) in [6, 6.07) is 17.0. The van der Waals surface area contributed by atoms with Gasteiger partial charge in [-0.25, -0.2) is 15.0 Å². The van der Waals surface area contributed by atoms with Crippen LogP contribution in [0.15, 0.2) is 66.9 Å². The molecule has 0 aliphatic carbocycles. The lowest BCUT2D eigenvalue weighted by molar-refractivity contribution is -0.144. The van der Waals surface area contributed by atoms with Crippen LogP contribution >= 0.6 is 11.6 Å². The Balaban J connectivity index is 1.59. The van der Waals surface area contributed by atoms with Crippen LogP contribution in [0, 0.1) is 6.92 Å². The number of anilines is 2. The summed E-state index contributed by atoms with van der Waals surface area (Å²) in [5, 5.41) is 3.42. The van der Waals surface area contributed by atoms with E-state index >= 15 is 0 Å². The molecule has 5 aromatic rings. The number of fused-ring (bicyclic) bond motifs is 1. The molecule has 2 aromatic carbocycles. The van der Waals surface area contributed by atoms with E-state index < -0.39 is 12.0 Å². The number of pyridine rings is 2. The van der Waals surface area contributed by atoms with E-state index in [9.17, 15) is 18.0 Å². The third-order valence-electron chi connectivity index (χ3n) is 6.07. The van der Waals surface area contributed by atoms with Gasteiger partial charge >= 0.3 is 6.18 Å². The van der Waals surface area contributed by atoms with Crippen LogP contribution in [0.2, 0.25) is 5.02 Å². The second-order valence-electron chi connectivity index (χ2n) is 8.45. The second kappa shape index (κ2) is 10.3. The highest BCUT2D eigenvalue weighted by Crippen LogP contribution is 2.40. The number of aldehydes is 1. The molecule has 0 fully saturated rings. The molecule has 5 rings (SSSR count). The van der Waals surface area contributed by atoms with Crippen LogP contribution in [0.4, 0.5) is 24.7 Å². The number of benzene rings is 2. The van der Waals surface area contributed by atoms with E-state index in [1.165, 1.54) is 25.4 Å². The Bertz CT molecular complexity index is 1730. The summed E-state index contributed by atoms with van der Waals surface area (Å²) in [5.74, 6) is -1.16. The van der Waals surface area contributed by atoms with Gasteiger partial charge in [0.25, 0.3) is 0 Å². The van der Waals surface area contributed by atoms with E-state index in [-0.39, 0.29) is 22.7 Å². The molecule has 0 unspecified atom stereocenters. The first-order valence-corrected chi connectivity index (χ1v) is 11.9. The van der Waals surface area contributed by atoms with Gasteiger partial charge in [0.15, 0.2) is 12.1 Å². The molecule has 0 bridgehead atoms. The number of rotatable bonds is 6. The molecule has 3 aromatic heterocycles. The third kappa shape index (κ3) is 4.98. The molecule has 0 aliphatic rings. The lowest BCUT2D eigenvalue weighted by Crippen LogP contribution is -2.13. The second-order valence-corrected chi connectivity index (χ2v) is 8.83. The first kappa shape index (κ1) is 26.1. The van der Waals surface area contributed by atoms with Crippen LogP contribution in [0.1, 0.15) is 21.7 Å². The Morgan fingerprint density at radius 2 is 1.67 bits per heavy atom. The number of ether oxygens (including phenoxy) is 1. The van der Waals surface area contributed by atoms with Crippen molar-refractivity contribution in [1.29, 1.82) is 0 Å². The first-order chi connectivity index (χ1) is 18.7. The minimum Gasteiger partial charge on any atom is -0.480 e. The zero-order valence-corrected chi connectivity index (χ0v) is 21.3. The van der Waals surface area contributed by atoms with Crippen molar-refractivity contribution >= 4 is 40.4 Å². The van der Waals surface area contributed by atoms with Crippen LogP contribution in [0.5, 0.6) is 5.88 Å². The van der Waals surface area contributed by atoms with Crippen LogP contribution in [-0.4, -0.2) is 33.3 Å². The van der Waals surface area contributed by atoms with Crippen LogP contribution in [0.3, 0.4) is 0 Å². The van der Waals surface area contributed by atoms with E-state index in [2.05, 4.69) is 25.3 Å². The summed E-state index contributed by atoms with van der Waals surface area (Å²) in [4.78, 5) is 27.2. The van der Waals surface area contributed by atoms with Gasteiger partial charge in [0.1, 0.15) is 5.52 Å². The van der Waals surface area contributed by atoms with E-state index in [1.54, 1.807) is 30.3 Å². The molecule has 1 N–H and O–H groups in total. The number of carbonyl (C=O) groups excluding carboxylic acids is 1. The van der Waals surface area contributed by atoms with E-state index in [1.807, 2.05) is 25.1 Å². The van der Waals surface area contributed by atoms with Gasteiger partial charge in [0.2, 0.25) is 11.7 Å². The van der Waals surface area contributed by atoms with E-state index in [4.69, 9.17) is 16.3 Å². The fourth-order valence-corrected chi connectivity index (χ4v) is 4.49. The van der Waals surface area contributed by atoms with E-state index in [0.717, 1.165) is 11.1 Å². The highest BCUT2D eigenvalue weighted by molar-refractivity contribution is 6.36. The fourth-order valence-electron chi connectivity index (χ4n) is 4.16. The Hall–Kier alpha value is -4.57. The smallest absolute Gasteiger partial charge is 0.451 e. The monoisotopic (exact) mass is 549 g/mol. The molecule has 0 aliphatic heterocycles. The molecule has 0 saturated carbocycles. The van der Waals surface area contributed by atoms with Gasteiger partial charge < -0.3 is 10.1 Å². The van der Waals surface area contributed by atoms with Gasteiger partial charge in [0, 0.05) is 23.0 Å². The maximum Gasteiger partial charge on any atom is 0.451 e. The minimum absolute atomic E-state index is 0.0652. The van der Waals surface area contributed by atoms with Gasteiger partial charge in [-0.15, -0.1) is 0 Å². The lowest BCUT2D eigenvalue weighted by Gasteiger charge is -2.17. The van der Waals surface area contributed by atoms with Crippen molar-refractivity contribution < 1.29 is 22.7 Å². The average molecular weight is 550 g/mol. The lowest BCUT2D eigenvalue weighted by atomic mass is 9.96. The molecule has 0 saturated heterocycles. The molecule has 196 valence electrons. The number of hydrogen-bond acceptors (Lipinski definition) is 7. The molecule has 39 heavy (non-hydrogen) atoms. The minimum atomic E-state index is -4.73. The van der Waals surface area contributed by atoms with Crippen LogP contribution in [0.25, 0.3) is 33.4 Å². The zero-order valence-electron chi connectivity index (χ0n) is 20.5. The predicted molar refractivity (Wildman–Crippen MR) is 142 cm³/mol. The fraction of sp³-hybridized carbons (Fsp3) is 0.107. The molecule has 7 nitrogen and oxygen atoms in total. The van der Waals surface area contributed by atoms with Crippen molar-refractivity contribution in [1.82, 2.24) is 19.9 Å². The molecule has 3 heterocycles. The molecular formula is C28H19ClF3N5O2. The zero-order chi connectivity index (χ0) is 27.7. The maximum atomic E-state index is 13.5. The number of methoxy groups -OCH3 is 1. The molecular weight excluding hydrogens is 531 g/mol. The van der Waals surface area contributed by atoms with Crippen LogP contribution < -0.4 is 10.1 Å². The Morgan fingerprint density at radius 3 is 2.41 bits per heavy atom. The van der Waals surface area contributed by atoms with Crippen molar-refractivity contribution in [2.45, 2.75) is 13.1 Å².